The molecule has 2 aliphatic heterocycles. The molecular formula is C28H32FN5O2. The molecule has 5 rings (SSSR count). The second kappa shape index (κ2) is 11.7. The van der Waals surface area contributed by atoms with E-state index in [1.807, 2.05) is 46.9 Å². The molecule has 7 nitrogen and oxygen atoms in total. The number of fused-ring (bicyclic) bond motifs is 1. The van der Waals surface area contributed by atoms with Crippen molar-refractivity contribution in [1.29, 1.82) is 0 Å². The fourth-order valence-corrected chi connectivity index (χ4v) is 4.19. The van der Waals surface area contributed by atoms with Crippen LogP contribution in [0.25, 0.3) is 11.8 Å². The number of nitrogens with zero attached hydrogens (tertiary/aromatic N) is 5. The molecule has 1 fully saturated rings. The van der Waals surface area contributed by atoms with E-state index in [4.69, 9.17) is 4.74 Å². The van der Waals surface area contributed by atoms with Crippen LogP contribution in [-0.4, -0.2) is 58.0 Å². The van der Waals surface area contributed by atoms with Crippen LogP contribution in [-0.2, 0) is 4.79 Å². The van der Waals surface area contributed by atoms with E-state index in [2.05, 4.69) is 21.8 Å². The van der Waals surface area contributed by atoms with E-state index in [1.54, 1.807) is 31.6 Å². The van der Waals surface area contributed by atoms with Gasteiger partial charge in [-0.1, -0.05) is 37.6 Å². The van der Waals surface area contributed by atoms with Crippen LogP contribution < -0.4 is 4.74 Å². The third-order valence-corrected chi connectivity index (χ3v) is 6.03. The zero-order valence-corrected chi connectivity index (χ0v) is 21.0. The molecule has 3 aromatic rings. The van der Waals surface area contributed by atoms with Crippen molar-refractivity contribution in [2.75, 3.05) is 26.7 Å². The number of benzene rings is 2. The Morgan fingerprint density at radius 3 is 2.58 bits per heavy atom. The molecule has 1 aromatic heterocycles. The number of aliphatic imine (C=N–C) groups is 1. The minimum atomic E-state index is -0.178. The minimum Gasteiger partial charge on any atom is -0.495 e. The van der Waals surface area contributed by atoms with E-state index >= 15 is 0 Å². The van der Waals surface area contributed by atoms with Crippen molar-refractivity contribution in [3.8, 4) is 11.4 Å². The maximum absolute atomic E-state index is 12.9. The molecule has 3 heterocycles. The van der Waals surface area contributed by atoms with Gasteiger partial charge in [0, 0.05) is 25.8 Å². The van der Waals surface area contributed by atoms with E-state index in [0.29, 0.717) is 5.70 Å². The fourth-order valence-electron chi connectivity index (χ4n) is 4.19. The largest absolute Gasteiger partial charge is 0.495 e. The van der Waals surface area contributed by atoms with Gasteiger partial charge in [0.05, 0.1) is 24.8 Å². The molecule has 0 saturated carbocycles. The Hall–Kier alpha value is -3.94. The Balaban J connectivity index is 0.000000375. The molecule has 0 atom stereocenters. The van der Waals surface area contributed by atoms with Gasteiger partial charge < -0.3 is 14.2 Å². The molecule has 2 aromatic carbocycles. The molecule has 0 spiro atoms. The lowest BCUT2D eigenvalue weighted by atomic mass is 10.1. The van der Waals surface area contributed by atoms with Gasteiger partial charge in [0.25, 0.3) is 5.91 Å². The summed E-state index contributed by atoms with van der Waals surface area (Å²) in [6.45, 7) is 6.77. The van der Waals surface area contributed by atoms with E-state index < -0.39 is 0 Å². The number of aryl methyl sites for hydroxylation is 1. The number of carbonyl (C=O) groups is 1. The first kappa shape index (κ1) is 25.2. The van der Waals surface area contributed by atoms with E-state index in [-0.39, 0.29) is 11.7 Å². The zero-order chi connectivity index (χ0) is 25.5. The fraction of sp³-hybridized carbons (Fsp3) is 0.321. The molecule has 0 bridgehead atoms. The van der Waals surface area contributed by atoms with Crippen LogP contribution in [0.2, 0.25) is 0 Å². The number of unbranched alkanes of at least 4 members (excludes halogenated alkanes) is 1. The second-order valence-electron chi connectivity index (χ2n) is 8.74. The maximum Gasteiger partial charge on any atom is 0.279 e. The van der Waals surface area contributed by atoms with Crippen molar-refractivity contribution in [3.63, 3.8) is 0 Å². The number of methoxy groups -OCH3 is 1. The molecule has 0 aliphatic carbocycles. The number of aromatic nitrogens is 2. The molecule has 8 heteroatoms. The molecule has 1 saturated heterocycles. The highest BCUT2D eigenvalue weighted by molar-refractivity contribution is 6.13. The summed E-state index contributed by atoms with van der Waals surface area (Å²) in [5.74, 6) is 1.33. The smallest absolute Gasteiger partial charge is 0.279 e. The lowest BCUT2D eigenvalue weighted by Gasteiger charge is -2.34. The molecule has 2 aliphatic rings. The highest BCUT2D eigenvalue weighted by Crippen LogP contribution is 2.28. The summed E-state index contributed by atoms with van der Waals surface area (Å²) in [5.41, 5.74) is 3.21. The first-order valence-electron chi connectivity index (χ1n) is 12.3. The van der Waals surface area contributed by atoms with Gasteiger partial charge in [0.15, 0.2) is 0 Å². The summed E-state index contributed by atoms with van der Waals surface area (Å²) in [6.07, 6.45) is 8.77. The quantitative estimate of drug-likeness (QED) is 0.454. The van der Waals surface area contributed by atoms with Crippen LogP contribution in [0.3, 0.4) is 0 Å². The predicted octanol–water partition coefficient (Wildman–Crippen LogP) is 5.06. The Morgan fingerprint density at radius 2 is 1.94 bits per heavy atom. The number of guanidine groups is 1. The van der Waals surface area contributed by atoms with E-state index in [0.717, 1.165) is 67.6 Å². The Kier molecular flexibility index (Phi) is 8.15. The molecule has 0 unspecified atom stereocenters. The minimum absolute atomic E-state index is 0.0190. The lowest BCUT2D eigenvalue weighted by molar-refractivity contribution is -0.123. The van der Waals surface area contributed by atoms with Crippen LogP contribution in [0.4, 0.5) is 4.39 Å². The van der Waals surface area contributed by atoms with Crippen molar-refractivity contribution < 1.29 is 13.9 Å². The second-order valence-corrected chi connectivity index (χ2v) is 8.74. The van der Waals surface area contributed by atoms with Crippen molar-refractivity contribution in [3.05, 3.63) is 83.8 Å². The molecular weight excluding hydrogens is 457 g/mol. The lowest BCUT2D eigenvalue weighted by Crippen LogP contribution is -2.49. The van der Waals surface area contributed by atoms with Gasteiger partial charge in [0.1, 0.15) is 17.3 Å². The molecule has 1 amide bonds. The van der Waals surface area contributed by atoms with Crippen molar-refractivity contribution >= 4 is 17.9 Å². The average Bonchev–Trinajstić information content (AvgIpc) is 3.47. The summed E-state index contributed by atoms with van der Waals surface area (Å²) in [7, 11) is 1.65. The van der Waals surface area contributed by atoms with E-state index in [9.17, 15) is 9.18 Å². The molecule has 0 radical (unpaired) electrons. The van der Waals surface area contributed by atoms with Gasteiger partial charge in [0.2, 0.25) is 5.96 Å². The van der Waals surface area contributed by atoms with E-state index in [1.165, 1.54) is 12.1 Å². The topological polar surface area (TPSA) is 63.0 Å². The summed E-state index contributed by atoms with van der Waals surface area (Å²) in [6, 6.07) is 13.8. The summed E-state index contributed by atoms with van der Waals surface area (Å²) in [4.78, 5) is 25.9. The molecule has 36 heavy (non-hydrogen) atoms. The number of hydrogen-bond donors (Lipinski definition) is 0. The average molecular weight is 490 g/mol. The van der Waals surface area contributed by atoms with Gasteiger partial charge >= 0.3 is 0 Å². The van der Waals surface area contributed by atoms with Crippen LogP contribution in [0.5, 0.6) is 5.75 Å². The maximum atomic E-state index is 12.9. The van der Waals surface area contributed by atoms with Crippen LogP contribution in [0, 0.1) is 12.7 Å². The normalized spacial score (nSPS) is 15.9. The third kappa shape index (κ3) is 5.82. The Morgan fingerprint density at radius 1 is 1.14 bits per heavy atom. The van der Waals surface area contributed by atoms with Gasteiger partial charge in [-0.3, -0.25) is 9.69 Å². The third-order valence-electron chi connectivity index (χ3n) is 6.03. The zero-order valence-electron chi connectivity index (χ0n) is 21.0. The van der Waals surface area contributed by atoms with Gasteiger partial charge in [-0.2, -0.15) is 0 Å². The summed E-state index contributed by atoms with van der Waals surface area (Å²) < 4.78 is 19.4. The van der Waals surface area contributed by atoms with Crippen LogP contribution >= 0.6 is 0 Å². The van der Waals surface area contributed by atoms with Crippen molar-refractivity contribution in [2.24, 2.45) is 4.99 Å². The van der Waals surface area contributed by atoms with Crippen molar-refractivity contribution in [1.82, 2.24) is 19.4 Å². The number of carbonyl (C=O) groups excluding carboxylic acids is 1. The Labute approximate surface area is 211 Å². The van der Waals surface area contributed by atoms with Crippen molar-refractivity contribution in [2.45, 2.75) is 33.1 Å². The monoisotopic (exact) mass is 489 g/mol. The SMILES string of the molecule is CCCCN1CCCN2C(=O)/C(=C/c3ccc(-n4cnc(C)c4)c(OC)c3)N=C12.Fc1ccccc1. The predicted molar refractivity (Wildman–Crippen MR) is 139 cm³/mol. The summed E-state index contributed by atoms with van der Waals surface area (Å²) in [5, 5.41) is 0. The van der Waals surface area contributed by atoms with Gasteiger partial charge in [-0.05, 0) is 55.7 Å². The molecule has 0 N–H and O–H groups in total. The number of halogens is 1. The number of rotatable bonds is 6. The number of amides is 1. The molecule has 188 valence electrons. The Bertz CT molecular complexity index is 1250. The number of hydrogen-bond acceptors (Lipinski definition) is 5. The van der Waals surface area contributed by atoms with Gasteiger partial charge in [-0.25, -0.2) is 14.4 Å². The number of imidazole rings is 1. The van der Waals surface area contributed by atoms with Crippen LogP contribution in [0.15, 0.2) is 71.7 Å². The standard InChI is InChI=1S/C22H27N5O2.C6H5F/c1-4-5-9-25-10-6-11-27-21(28)18(24-22(25)27)12-17-7-8-19(20(13-17)29-3)26-14-16(2)23-15-26;7-6-4-2-1-3-5-6/h7-8,12-15H,4-6,9-11H2,1-3H3;1-5H/b18-12-;. The van der Waals surface area contributed by atoms with Gasteiger partial charge in [-0.15, -0.1) is 0 Å². The van der Waals surface area contributed by atoms with Crippen LogP contribution in [0.1, 0.15) is 37.4 Å². The highest BCUT2D eigenvalue weighted by atomic mass is 19.1. The first-order valence-corrected chi connectivity index (χ1v) is 12.3. The summed E-state index contributed by atoms with van der Waals surface area (Å²) >= 11 is 0. The first-order chi connectivity index (χ1) is 17.5. The number of ether oxygens (including phenoxy) is 1. The highest BCUT2D eigenvalue weighted by Gasteiger charge is 2.35.